The van der Waals surface area contributed by atoms with Gasteiger partial charge in [-0.15, -0.1) is 11.3 Å². The van der Waals surface area contributed by atoms with Gasteiger partial charge in [-0.1, -0.05) is 65.3 Å². The fourth-order valence-electron chi connectivity index (χ4n) is 3.52. The van der Waals surface area contributed by atoms with Crippen LogP contribution in [0, 0.1) is 6.92 Å². The van der Waals surface area contributed by atoms with Crippen molar-refractivity contribution in [1.82, 2.24) is 14.5 Å². The maximum atomic E-state index is 13.5. The molecule has 0 atom stereocenters. The first-order valence-electron chi connectivity index (χ1n) is 10.2. The van der Waals surface area contributed by atoms with E-state index < -0.39 is 0 Å². The summed E-state index contributed by atoms with van der Waals surface area (Å²) in [7, 11) is 0. The van der Waals surface area contributed by atoms with Gasteiger partial charge in [0.25, 0.3) is 5.56 Å². The van der Waals surface area contributed by atoms with E-state index in [0.29, 0.717) is 32.5 Å². The van der Waals surface area contributed by atoms with E-state index in [-0.39, 0.29) is 17.1 Å². The molecule has 0 radical (unpaired) electrons. The number of thiophene rings is 1. The average Bonchev–Trinajstić information content (AvgIpc) is 3.20. The number of hydrogen-bond donors (Lipinski definition) is 0. The Morgan fingerprint density at radius 2 is 1.85 bits per heavy atom. The van der Waals surface area contributed by atoms with Crippen LogP contribution in [0.5, 0.6) is 0 Å². The highest BCUT2D eigenvalue weighted by Gasteiger charge is 2.18. The number of aryl methyl sites for hydroxylation is 1. The summed E-state index contributed by atoms with van der Waals surface area (Å²) in [5, 5.41) is 1.99. The number of thioether (sulfide) groups is 1. The minimum absolute atomic E-state index is 0.00997. The Hall–Kier alpha value is -3.00. The van der Waals surface area contributed by atoms with Gasteiger partial charge in [0.15, 0.2) is 10.9 Å². The highest BCUT2D eigenvalue weighted by molar-refractivity contribution is 7.99. The molecule has 0 spiro atoms. The van der Waals surface area contributed by atoms with Gasteiger partial charge in [0.1, 0.15) is 9.53 Å². The van der Waals surface area contributed by atoms with Crippen LogP contribution < -0.4 is 5.56 Å². The third-order valence-corrected chi connectivity index (χ3v) is 7.60. The number of ketones is 1. The van der Waals surface area contributed by atoms with Crippen molar-refractivity contribution in [1.29, 1.82) is 0 Å². The molecule has 0 amide bonds. The van der Waals surface area contributed by atoms with Crippen LogP contribution in [-0.4, -0.2) is 26.1 Å². The van der Waals surface area contributed by atoms with Crippen molar-refractivity contribution in [2.24, 2.45) is 0 Å². The minimum Gasteiger partial charge on any atom is -0.293 e. The van der Waals surface area contributed by atoms with E-state index in [9.17, 15) is 9.59 Å². The van der Waals surface area contributed by atoms with Crippen LogP contribution >= 0.6 is 34.7 Å². The third-order valence-electron chi connectivity index (χ3n) is 5.28. The van der Waals surface area contributed by atoms with Gasteiger partial charge < -0.3 is 0 Å². The van der Waals surface area contributed by atoms with Crippen molar-refractivity contribution in [2.45, 2.75) is 18.6 Å². The smallest absolute Gasteiger partial charge is 0.272 e. The summed E-state index contributed by atoms with van der Waals surface area (Å²) in [4.78, 5) is 36.3. The molecular weight excluding hydrogens is 474 g/mol. The average molecular weight is 492 g/mol. The number of fused-ring (bicyclic) bond motifs is 3. The van der Waals surface area contributed by atoms with Crippen molar-refractivity contribution < 1.29 is 4.79 Å². The first-order chi connectivity index (χ1) is 16.0. The van der Waals surface area contributed by atoms with E-state index in [1.165, 1.54) is 23.1 Å². The molecule has 2 aromatic carbocycles. The lowest BCUT2D eigenvalue weighted by Gasteiger charge is -2.12. The largest absolute Gasteiger partial charge is 0.293 e. The summed E-state index contributed by atoms with van der Waals surface area (Å²) in [5.41, 5.74) is 3.16. The molecule has 0 saturated carbocycles. The van der Waals surface area contributed by atoms with Gasteiger partial charge >= 0.3 is 0 Å². The van der Waals surface area contributed by atoms with Crippen molar-refractivity contribution in [2.75, 3.05) is 5.75 Å². The standard InChI is InChI=1S/C25H18ClN3O2S2/c1-15-4-8-17(9-5-15)20(30)14-32-25-28-21-19-3-2-12-27-23(19)33-22(21)24(31)29(25)13-16-6-10-18(26)11-7-16/h2-12H,13-14H2,1H3. The number of halogens is 1. The minimum atomic E-state index is -0.136. The third kappa shape index (κ3) is 4.44. The fraction of sp³-hybridized carbons (Fsp3) is 0.120. The zero-order chi connectivity index (χ0) is 22.9. The molecule has 0 N–H and O–H groups in total. The van der Waals surface area contributed by atoms with Crippen LogP contribution in [0.4, 0.5) is 0 Å². The number of rotatable bonds is 6. The molecule has 5 aromatic rings. The van der Waals surface area contributed by atoms with E-state index >= 15 is 0 Å². The quantitative estimate of drug-likeness (QED) is 0.166. The van der Waals surface area contributed by atoms with Gasteiger partial charge in [-0.2, -0.15) is 0 Å². The first kappa shape index (κ1) is 21.8. The summed E-state index contributed by atoms with van der Waals surface area (Å²) in [6, 6.07) is 18.6. The SMILES string of the molecule is Cc1ccc(C(=O)CSc2nc3c(sc4ncccc43)c(=O)n2Cc2ccc(Cl)cc2)cc1. The number of Topliss-reactive ketones (excluding diaryl/α,β-unsaturated/α-hetero) is 1. The van der Waals surface area contributed by atoms with Crippen LogP contribution in [0.1, 0.15) is 21.5 Å². The van der Waals surface area contributed by atoms with Crippen molar-refractivity contribution in [3.05, 3.63) is 98.9 Å². The second kappa shape index (κ2) is 9.09. The van der Waals surface area contributed by atoms with Gasteiger partial charge in [-0.05, 0) is 36.8 Å². The van der Waals surface area contributed by atoms with Crippen molar-refractivity contribution in [3.63, 3.8) is 0 Å². The van der Waals surface area contributed by atoms with Gasteiger partial charge in [0, 0.05) is 22.2 Å². The zero-order valence-electron chi connectivity index (χ0n) is 17.6. The first-order valence-corrected chi connectivity index (χ1v) is 12.4. The number of hydrogen-bond acceptors (Lipinski definition) is 6. The Kier molecular flexibility index (Phi) is 6.01. The number of aromatic nitrogens is 3. The molecule has 33 heavy (non-hydrogen) atoms. The van der Waals surface area contributed by atoms with Gasteiger partial charge in [0.05, 0.1) is 17.8 Å². The van der Waals surface area contributed by atoms with Crippen LogP contribution in [0.25, 0.3) is 20.4 Å². The maximum Gasteiger partial charge on any atom is 0.272 e. The number of carbonyl (C=O) groups excluding carboxylic acids is 1. The Bertz CT molecular complexity index is 1540. The van der Waals surface area contributed by atoms with E-state index in [4.69, 9.17) is 16.6 Å². The van der Waals surface area contributed by atoms with E-state index in [0.717, 1.165) is 21.3 Å². The normalized spacial score (nSPS) is 11.3. The summed E-state index contributed by atoms with van der Waals surface area (Å²) < 4.78 is 2.19. The summed E-state index contributed by atoms with van der Waals surface area (Å²) in [6.07, 6.45) is 1.71. The van der Waals surface area contributed by atoms with Crippen LogP contribution in [0.2, 0.25) is 5.02 Å². The molecule has 0 aliphatic carbocycles. The Morgan fingerprint density at radius 3 is 2.61 bits per heavy atom. The van der Waals surface area contributed by atoms with E-state index in [1.54, 1.807) is 22.9 Å². The molecule has 0 saturated heterocycles. The highest BCUT2D eigenvalue weighted by Crippen LogP contribution is 2.31. The molecule has 0 aliphatic rings. The van der Waals surface area contributed by atoms with E-state index in [1.807, 2.05) is 55.5 Å². The molecule has 3 aromatic heterocycles. The second-order valence-corrected chi connectivity index (χ2v) is 10.0. The van der Waals surface area contributed by atoms with Crippen LogP contribution in [-0.2, 0) is 6.54 Å². The lowest BCUT2D eigenvalue weighted by atomic mass is 10.1. The predicted molar refractivity (Wildman–Crippen MR) is 136 cm³/mol. The van der Waals surface area contributed by atoms with Gasteiger partial charge in [0.2, 0.25) is 0 Å². The number of pyridine rings is 1. The lowest BCUT2D eigenvalue weighted by Crippen LogP contribution is -2.23. The molecule has 0 fully saturated rings. The Balaban J connectivity index is 1.57. The maximum absolute atomic E-state index is 13.5. The number of benzene rings is 2. The number of nitrogens with zero attached hydrogens (tertiary/aromatic N) is 3. The predicted octanol–water partition coefficient (Wildman–Crippen LogP) is 5.99. The van der Waals surface area contributed by atoms with Crippen molar-refractivity contribution in [3.8, 4) is 0 Å². The second-order valence-electron chi connectivity index (χ2n) is 7.63. The van der Waals surface area contributed by atoms with Crippen molar-refractivity contribution >= 4 is 60.9 Å². The molecule has 0 unspecified atom stereocenters. The topological polar surface area (TPSA) is 64.8 Å². The molecule has 164 valence electrons. The molecule has 0 bridgehead atoms. The Labute approximate surface area is 203 Å². The van der Waals surface area contributed by atoms with Gasteiger partial charge in [-0.3, -0.25) is 14.2 Å². The Morgan fingerprint density at radius 1 is 1.09 bits per heavy atom. The summed E-state index contributed by atoms with van der Waals surface area (Å²) in [5.74, 6) is 0.173. The summed E-state index contributed by atoms with van der Waals surface area (Å²) >= 11 is 8.65. The number of carbonyl (C=O) groups is 1. The zero-order valence-corrected chi connectivity index (χ0v) is 20.0. The summed E-state index contributed by atoms with van der Waals surface area (Å²) in [6.45, 7) is 2.32. The fourth-order valence-corrected chi connectivity index (χ4v) is 5.56. The lowest BCUT2D eigenvalue weighted by molar-refractivity contribution is 0.102. The molecule has 5 rings (SSSR count). The molecule has 3 heterocycles. The highest BCUT2D eigenvalue weighted by atomic mass is 35.5. The molecule has 5 nitrogen and oxygen atoms in total. The van der Waals surface area contributed by atoms with Crippen LogP contribution in [0.15, 0.2) is 76.8 Å². The molecular formula is C25H18ClN3O2S2. The molecule has 8 heteroatoms. The van der Waals surface area contributed by atoms with Gasteiger partial charge in [-0.25, -0.2) is 9.97 Å². The molecule has 0 aliphatic heterocycles. The monoisotopic (exact) mass is 491 g/mol. The van der Waals surface area contributed by atoms with Crippen LogP contribution in [0.3, 0.4) is 0 Å². The van der Waals surface area contributed by atoms with E-state index in [2.05, 4.69) is 4.98 Å².